The van der Waals surface area contributed by atoms with E-state index in [-0.39, 0.29) is 0 Å². The number of aliphatic imine (C=N–C) groups is 2. The molecule has 2 heteroatoms. The molecule has 0 radical (unpaired) electrons. The molecule has 0 unspecified atom stereocenters. The first-order valence-corrected chi connectivity index (χ1v) is 6.88. The molecule has 0 rings (SSSR count). The molecule has 94 valence electrons. The van der Waals surface area contributed by atoms with Crippen LogP contribution in [0.2, 0.25) is 0 Å². The summed E-state index contributed by atoms with van der Waals surface area (Å²) in [5.74, 6) is 0. The van der Waals surface area contributed by atoms with Crippen LogP contribution in [0.25, 0.3) is 0 Å². The van der Waals surface area contributed by atoms with Crippen LogP contribution in [0.3, 0.4) is 0 Å². The molecule has 0 saturated carbocycles. The van der Waals surface area contributed by atoms with Crippen LogP contribution in [0.5, 0.6) is 0 Å². The molecule has 0 saturated heterocycles. The second-order valence-electron chi connectivity index (χ2n) is 4.17. The van der Waals surface area contributed by atoms with Crippen molar-refractivity contribution in [3.05, 3.63) is 0 Å². The minimum Gasteiger partial charge on any atom is -0.296 e. The van der Waals surface area contributed by atoms with Crippen molar-refractivity contribution in [2.24, 2.45) is 9.98 Å². The molecule has 0 spiro atoms. The number of hydrogen-bond acceptors (Lipinski definition) is 2. The lowest BCUT2D eigenvalue weighted by Gasteiger charge is -1.93. The van der Waals surface area contributed by atoms with Gasteiger partial charge in [0.2, 0.25) is 0 Å². The summed E-state index contributed by atoms with van der Waals surface area (Å²) in [4.78, 5) is 8.68. The molecule has 0 aromatic rings. The predicted octanol–water partition coefficient (Wildman–Crippen LogP) is 4.29. The smallest absolute Gasteiger partial charge is 0.0581 e. The molecule has 0 aromatic heterocycles. The van der Waals surface area contributed by atoms with Crippen molar-refractivity contribution in [1.82, 2.24) is 0 Å². The Morgan fingerprint density at radius 1 is 0.688 bits per heavy atom. The van der Waals surface area contributed by atoms with Gasteiger partial charge < -0.3 is 0 Å². The largest absolute Gasteiger partial charge is 0.296 e. The lowest BCUT2D eigenvalue weighted by atomic mass is 10.2. The van der Waals surface area contributed by atoms with Gasteiger partial charge in [0.15, 0.2) is 0 Å². The van der Waals surface area contributed by atoms with Crippen LogP contribution in [0, 0.1) is 0 Å². The zero-order chi connectivity index (χ0) is 11.9. The van der Waals surface area contributed by atoms with Crippen LogP contribution >= 0.6 is 0 Å². The summed E-state index contributed by atoms with van der Waals surface area (Å²) in [5.41, 5.74) is 0. The lowest BCUT2D eigenvalue weighted by Crippen LogP contribution is -1.89. The SMILES string of the molecule is CCCCCC=NCCN=CCCCCC. The van der Waals surface area contributed by atoms with E-state index in [4.69, 9.17) is 0 Å². The molecule has 0 heterocycles. The van der Waals surface area contributed by atoms with Gasteiger partial charge in [0.05, 0.1) is 13.1 Å². The monoisotopic (exact) mass is 224 g/mol. The summed E-state index contributed by atoms with van der Waals surface area (Å²) in [6, 6.07) is 0. The zero-order valence-corrected chi connectivity index (χ0v) is 11.1. The number of nitrogens with zero attached hydrogens (tertiary/aromatic N) is 2. The average molecular weight is 224 g/mol. The van der Waals surface area contributed by atoms with Crippen molar-refractivity contribution in [2.75, 3.05) is 13.1 Å². The maximum Gasteiger partial charge on any atom is 0.0581 e. The second-order valence-corrected chi connectivity index (χ2v) is 4.17. The fourth-order valence-electron chi connectivity index (χ4n) is 1.45. The van der Waals surface area contributed by atoms with Crippen molar-refractivity contribution in [2.45, 2.75) is 65.2 Å². The molecule has 0 aliphatic rings. The summed E-state index contributed by atoms with van der Waals surface area (Å²) in [6.45, 7) is 6.17. The molecule has 0 aliphatic heterocycles. The van der Waals surface area contributed by atoms with Gasteiger partial charge in [-0.3, -0.25) is 9.98 Å². The van der Waals surface area contributed by atoms with Gasteiger partial charge in [0, 0.05) is 0 Å². The quantitative estimate of drug-likeness (QED) is 0.369. The van der Waals surface area contributed by atoms with E-state index in [9.17, 15) is 0 Å². The summed E-state index contributed by atoms with van der Waals surface area (Å²) >= 11 is 0. The maximum atomic E-state index is 4.34. The van der Waals surface area contributed by atoms with Gasteiger partial charge >= 0.3 is 0 Å². The number of rotatable bonds is 11. The average Bonchev–Trinajstić information content (AvgIpc) is 2.31. The highest BCUT2D eigenvalue weighted by molar-refractivity contribution is 5.57. The van der Waals surface area contributed by atoms with Gasteiger partial charge in [-0.2, -0.15) is 0 Å². The first-order chi connectivity index (χ1) is 7.91. The van der Waals surface area contributed by atoms with Crippen LogP contribution in [0.1, 0.15) is 65.2 Å². The minimum atomic E-state index is 0.858. The Morgan fingerprint density at radius 3 is 1.50 bits per heavy atom. The maximum absolute atomic E-state index is 4.34. The van der Waals surface area contributed by atoms with E-state index >= 15 is 0 Å². The molecule has 0 N–H and O–H groups in total. The Bertz CT molecular complexity index is 154. The zero-order valence-electron chi connectivity index (χ0n) is 11.1. The lowest BCUT2D eigenvalue weighted by molar-refractivity contribution is 0.743. The summed E-state index contributed by atoms with van der Waals surface area (Å²) in [5, 5.41) is 0. The minimum absolute atomic E-state index is 0.858. The third-order valence-corrected chi connectivity index (χ3v) is 2.49. The van der Waals surface area contributed by atoms with Crippen molar-refractivity contribution < 1.29 is 0 Å². The highest BCUT2D eigenvalue weighted by Crippen LogP contribution is 1.96. The Kier molecular flexibility index (Phi) is 13.7. The van der Waals surface area contributed by atoms with Gasteiger partial charge in [-0.1, -0.05) is 39.5 Å². The Labute approximate surface area is 101 Å². The van der Waals surface area contributed by atoms with E-state index in [1.165, 1.54) is 38.5 Å². The van der Waals surface area contributed by atoms with E-state index < -0.39 is 0 Å². The van der Waals surface area contributed by atoms with E-state index in [2.05, 4.69) is 36.3 Å². The first kappa shape index (κ1) is 15.3. The highest BCUT2D eigenvalue weighted by atomic mass is 14.8. The van der Waals surface area contributed by atoms with Crippen molar-refractivity contribution in [1.29, 1.82) is 0 Å². The molecule has 0 aliphatic carbocycles. The molecular weight excluding hydrogens is 196 g/mol. The molecule has 0 aromatic carbocycles. The Morgan fingerprint density at radius 2 is 1.12 bits per heavy atom. The molecule has 0 atom stereocenters. The molecule has 2 nitrogen and oxygen atoms in total. The van der Waals surface area contributed by atoms with Crippen molar-refractivity contribution in [3.8, 4) is 0 Å². The van der Waals surface area contributed by atoms with E-state index in [1.807, 2.05) is 0 Å². The van der Waals surface area contributed by atoms with Crippen LogP contribution < -0.4 is 0 Å². The topological polar surface area (TPSA) is 24.7 Å². The summed E-state index contributed by atoms with van der Waals surface area (Å²) in [7, 11) is 0. The van der Waals surface area contributed by atoms with E-state index in [0.29, 0.717) is 0 Å². The summed E-state index contributed by atoms with van der Waals surface area (Å²) in [6.07, 6.45) is 14.2. The van der Waals surface area contributed by atoms with Crippen molar-refractivity contribution >= 4 is 12.4 Å². The Balaban J connectivity index is 3.12. The molecule has 0 amide bonds. The molecular formula is C14H28N2. The van der Waals surface area contributed by atoms with Gasteiger partial charge in [0.1, 0.15) is 0 Å². The fraction of sp³-hybridized carbons (Fsp3) is 0.857. The number of hydrogen-bond donors (Lipinski definition) is 0. The fourth-order valence-corrected chi connectivity index (χ4v) is 1.45. The van der Waals surface area contributed by atoms with Gasteiger partial charge in [-0.05, 0) is 38.1 Å². The highest BCUT2D eigenvalue weighted by Gasteiger charge is 1.83. The first-order valence-electron chi connectivity index (χ1n) is 6.88. The van der Waals surface area contributed by atoms with Gasteiger partial charge in [-0.25, -0.2) is 0 Å². The van der Waals surface area contributed by atoms with Crippen LogP contribution in [0.4, 0.5) is 0 Å². The molecule has 16 heavy (non-hydrogen) atoms. The van der Waals surface area contributed by atoms with E-state index in [0.717, 1.165) is 25.9 Å². The van der Waals surface area contributed by atoms with Crippen LogP contribution in [-0.4, -0.2) is 25.5 Å². The number of unbranched alkanes of at least 4 members (excludes halogenated alkanes) is 6. The second kappa shape index (κ2) is 14.3. The third kappa shape index (κ3) is 13.3. The third-order valence-electron chi connectivity index (χ3n) is 2.49. The molecule has 0 bridgehead atoms. The predicted molar refractivity (Wildman–Crippen MR) is 75.0 cm³/mol. The van der Waals surface area contributed by atoms with Gasteiger partial charge in [-0.15, -0.1) is 0 Å². The van der Waals surface area contributed by atoms with Crippen LogP contribution in [-0.2, 0) is 0 Å². The van der Waals surface area contributed by atoms with Crippen molar-refractivity contribution in [3.63, 3.8) is 0 Å². The van der Waals surface area contributed by atoms with Gasteiger partial charge in [0.25, 0.3) is 0 Å². The standard InChI is InChI=1S/C14H28N2/c1-3-5-7-9-11-15-13-14-16-12-10-8-6-4-2/h11-12H,3-10,13-14H2,1-2H3. The Hall–Kier alpha value is -0.660. The molecule has 0 fully saturated rings. The summed E-state index contributed by atoms with van der Waals surface area (Å²) < 4.78 is 0. The normalized spacial score (nSPS) is 11.9. The van der Waals surface area contributed by atoms with Crippen LogP contribution in [0.15, 0.2) is 9.98 Å². The van der Waals surface area contributed by atoms with E-state index in [1.54, 1.807) is 0 Å².